The lowest BCUT2D eigenvalue weighted by molar-refractivity contribution is 0.270. The van der Waals surface area contributed by atoms with Crippen LogP contribution in [0.25, 0.3) is 0 Å². The predicted molar refractivity (Wildman–Crippen MR) is 53.1 cm³/mol. The summed E-state index contributed by atoms with van der Waals surface area (Å²) >= 11 is 0. The van der Waals surface area contributed by atoms with Crippen LogP contribution in [0.15, 0.2) is 18.2 Å². The van der Waals surface area contributed by atoms with E-state index in [0.717, 1.165) is 0 Å². The summed E-state index contributed by atoms with van der Waals surface area (Å²) in [6, 6.07) is 4.61. The molecule has 1 rings (SSSR count). The Hall–Kier alpha value is -1.09. The van der Waals surface area contributed by atoms with E-state index in [9.17, 15) is 9.50 Å². The van der Waals surface area contributed by atoms with Crippen molar-refractivity contribution in [3.05, 3.63) is 29.3 Å². The van der Waals surface area contributed by atoms with Crippen molar-refractivity contribution in [1.82, 2.24) is 0 Å². The van der Waals surface area contributed by atoms with E-state index >= 15 is 0 Å². The second kappa shape index (κ2) is 4.42. The summed E-state index contributed by atoms with van der Waals surface area (Å²) in [4.78, 5) is 0. The number of benzene rings is 1. The molecule has 2 nitrogen and oxygen atoms in total. The van der Waals surface area contributed by atoms with Crippen LogP contribution in [0.3, 0.4) is 0 Å². The molecule has 0 saturated carbocycles. The first kappa shape index (κ1) is 11.0. The zero-order chi connectivity index (χ0) is 10.7. The molecule has 0 aromatic heterocycles. The highest BCUT2D eigenvalue weighted by Gasteiger charge is 2.12. The van der Waals surface area contributed by atoms with Gasteiger partial charge >= 0.3 is 0 Å². The van der Waals surface area contributed by atoms with Gasteiger partial charge in [0.05, 0.1) is 0 Å². The van der Waals surface area contributed by atoms with Gasteiger partial charge in [0, 0.05) is 12.5 Å². The van der Waals surface area contributed by atoms with E-state index in [0.29, 0.717) is 11.1 Å². The van der Waals surface area contributed by atoms with Crippen LogP contribution in [0.1, 0.15) is 37.1 Å². The normalized spacial score (nSPS) is 15.1. The fourth-order valence-electron chi connectivity index (χ4n) is 1.31. The Bertz CT molecular complexity index is 310. The van der Waals surface area contributed by atoms with Crippen molar-refractivity contribution in [2.24, 2.45) is 0 Å². The van der Waals surface area contributed by atoms with Crippen LogP contribution in [0.5, 0.6) is 5.75 Å². The second-order valence-electron chi connectivity index (χ2n) is 3.52. The van der Waals surface area contributed by atoms with Crippen LogP contribution in [0.2, 0.25) is 0 Å². The summed E-state index contributed by atoms with van der Waals surface area (Å²) in [5.74, 6) is -0.0651. The average molecular weight is 198 g/mol. The van der Waals surface area contributed by atoms with Gasteiger partial charge in [-0.1, -0.05) is 13.0 Å². The SMILES string of the molecule is CC(F)c1ccc(O)c(C(C)CO)c1. The largest absolute Gasteiger partial charge is 0.508 e. The molecule has 78 valence electrons. The van der Waals surface area contributed by atoms with Crippen molar-refractivity contribution < 1.29 is 14.6 Å². The van der Waals surface area contributed by atoms with E-state index in [1.54, 1.807) is 19.1 Å². The maximum Gasteiger partial charge on any atom is 0.122 e. The molecule has 2 N–H and O–H groups in total. The Balaban J connectivity index is 3.08. The van der Waals surface area contributed by atoms with Crippen molar-refractivity contribution in [1.29, 1.82) is 0 Å². The zero-order valence-corrected chi connectivity index (χ0v) is 8.37. The number of aliphatic hydroxyl groups is 1. The summed E-state index contributed by atoms with van der Waals surface area (Å²) in [6.45, 7) is 3.17. The van der Waals surface area contributed by atoms with Crippen molar-refractivity contribution >= 4 is 0 Å². The van der Waals surface area contributed by atoms with E-state index in [4.69, 9.17) is 5.11 Å². The van der Waals surface area contributed by atoms with Crippen LogP contribution in [-0.4, -0.2) is 16.8 Å². The lowest BCUT2D eigenvalue weighted by atomic mass is 9.97. The van der Waals surface area contributed by atoms with Crippen molar-refractivity contribution in [2.75, 3.05) is 6.61 Å². The Morgan fingerprint density at radius 2 is 2.00 bits per heavy atom. The first-order valence-electron chi connectivity index (χ1n) is 4.64. The van der Waals surface area contributed by atoms with Crippen LogP contribution in [-0.2, 0) is 0 Å². The maximum absolute atomic E-state index is 13.0. The summed E-state index contributed by atoms with van der Waals surface area (Å²) in [6.07, 6.45) is -1.06. The molecule has 0 aliphatic carbocycles. The van der Waals surface area contributed by atoms with Gasteiger partial charge < -0.3 is 10.2 Å². The Morgan fingerprint density at radius 3 is 2.50 bits per heavy atom. The topological polar surface area (TPSA) is 40.5 Å². The first-order chi connectivity index (χ1) is 6.56. The number of halogens is 1. The quantitative estimate of drug-likeness (QED) is 0.783. The molecule has 0 spiro atoms. The second-order valence-corrected chi connectivity index (χ2v) is 3.52. The Labute approximate surface area is 83.0 Å². The molecule has 1 aromatic rings. The monoisotopic (exact) mass is 198 g/mol. The highest BCUT2D eigenvalue weighted by Crippen LogP contribution is 2.29. The number of hydrogen-bond acceptors (Lipinski definition) is 2. The zero-order valence-electron chi connectivity index (χ0n) is 8.37. The molecular formula is C11H15FO2. The van der Waals surface area contributed by atoms with Gasteiger partial charge in [-0.2, -0.15) is 0 Å². The maximum atomic E-state index is 13.0. The number of rotatable bonds is 3. The smallest absolute Gasteiger partial charge is 0.122 e. The molecule has 0 bridgehead atoms. The van der Waals surface area contributed by atoms with Crippen molar-refractivity contribution in [3.8, 4) is 5.75 Å². The van der Waals surface area contributed by atoms with E-state index < -0.39 is 6.17 Å². The molecule has 0 heterocycles. The first-order valence-corrected chi connectivity index (χ1v) is 4.64. The molecule has 0 fully saturated rings. The van der Waals surface area contributed by atoms with Gasteiger partial charge in [-0.25, -0.2) is 4.39 Å². The number of aliphatic hydroxyl groups excluding tert-OH is 1. The minimum absolute atomic E-state index is 0.0579. The molecular weight excluding hydrogens is 183 g/mol. The lowest BCUT2D eigenvalue weighted by Crippen LogP contribution is -2.00. The lowest BCUT2D eigenvalue weighted by Gasteiger charge is -2.12. The third kappa shape index (κ3) is 2.23. The third-order valence-electron chi connectivity index (χ3n) is 2.32. The fourth-order valence-corrected chi connectivity index (χ4v) is 1.31. The molecule has 0 aliphatic heterocycles. The number of aromatic hydroxyl groups is 1. The molecule has 3 heteroatoms. The van der Waals surface area contributed by atoms with Gasteiger partial charge in [0.25, 0.3) is 0 Å². The van der Waals surface area contributed by atoms with Gasteiger partial charge in [-0.3, -0.25) is 0 Å². The Morgan fingerprint density at radius 1 is 1.36 bits per heavy atom. The standard InChI is InChI=1S/C11H15FO2/c1-7(6-13)10-5-9(8(2)12)3-4-11(10)14/h3-5,7-8,13-14H,6H2,1-2H3. The highest BCUT2D eigenvalue weighted by molar-refractivity contribution is 5.39. The van der Waals surface area contributed by atoms with Gasteiger partial charge in [0.15, 0.2) is 0 Å². The summed E-state index contributed by atoms with van der Waals surface area (Å²) in [7, 11) is 0. The number of hydrogen-bond donors (Lipinski definition) is 2. The van der Waals surface area contributed by atoms with E-state index in [2.05, 4.69) is 0 Å². The molecule has 0 aliphatic rings. The van der Waals surface area contributed by atoms with E-state index in [-0.39, 0.29) is 18.3 Å². The van der Waals surface area contributed by atoms with Crippen LogP contribution < -0.4 is 0 Å². The van der Waals surface area contributed by atoms with Gasteiger partial charge in [-0.15, -0.1) is 0 Å². The molecule has 2 atom stereocenters. The number of phenols is 1. The third-order valence-corrected chi connectivity index (χ3v) is 2.32. The van der Waals surface area contributed by atoms with Crippen LogP contribution in [0, 0.1) is 0 Å². The predicted octanol–water partition coefficient (Wildman–Crippen LogP) is 2.52. The highest BCUT2D eigenvalue weighted by atomic mass is 19.1. The van der Waals surface area contributed by atoms with Gasteiger partial charge in [-0.05, 0) is 30.2 Å². The molecule has 0 saturated heterocycles. The molecule has 0 radical (unpaired) electrons. The van der Waals surface area contributed by atoms with Gasteiger partial charge in [0.1, 0.15) is 11.9 Å². The fraction of sp³-hybridized carbons (Fsp3) is 0.455. The van der Waals surface area contributed by atoms with E-state index in [1.165, 1.54) is 13.0 Å². The van der Waals surface area contributed by atoms with Crippen molar-refractivity contribution in [3.63, 3.8) is 0 Å². The summed E-state index contributed by atoms with van der Waals surface area (Å²) in [5.41, 5.74) is 1.12. The van der Waals surface area contributed by atoms with Crippen LogP contribution >= 0.6 is 0 Å². The molecule has 2 unspecified atom stereocenters. The molecule has 1 aromatic carbocycles. The number of alkyl halides is 1. The number of phenolic OH excluding ortho intramolecular Hbond substituents is 1. The van der Waals surface area contributed by atoms with Crippen LogP contribution in [0.4, 0.5) is 4.39 Å². The minimum Gasteiger partial charge on any atom is -0.508 e. The summed E-state index contributed by atoms with van der Waals surface area (Å²) in [5, 5.41) is 18.4. The average Bonchev–Trinajstić information content (AvgIpc) is 2.17. The molecule has 14 heavy (non-hydrogen) atoms. The summed E-state index contributed by atoms with van der Waals surface area (Å²) < 4.78 is 13.0. The van der Waals surface area contributed by atoms with E-state index in [1.807, 2.05) is 0 Å². The Kier molecular flexibility index (Phi) is 3.47. The molecule has 0 amide bonds. The van der Waals surface area contributed by atoms with Crippen molar-refractivity contribution in [2.45, 2.75) is 25.9 Å². The minimum atomic E-state index is -1.06. The van der Waals surface area contributed by atoms with Gasteiger partial charge in [0.2, 0.25) is 0 Å².